The van der Waals surface area contributed by atoms with Gasteiger partial charge in [0.15, 0.2) is 0 Å². The van der Waals surface area contributed by atoms with Gasteiger partial charge in [0.05, 0.1) is 17.0 Å². The van der Waals surface area contributed by atoms with E-state index in [-0.39, 0.29) is 17.6 Å². The Kier molecular flexibility index (Phi) is 6.62. The van der Waals surface area contributed by atoms with Crippen LogP contribution in [0, 0.1) is 11.7 Å². The van der Waals surface area contributed by atoms with Crippen LogP contribution in [0.1, 0.15) is 30.5 Å². The molecule has 6 rings (SSSR count). The zero-order valence-corrected chi connectivity index (χ0v) is 21.3. The second-order valence-corrected chi connectivity index (χ2v) is 10.4. The number of alkyl halides is 3. The van der Waals surface area contributed by atoms with Gasteiger partial charge in [-0.25, -0.2) is 9.37 Å². The highest BCUT2D eigenvalue weighted by atomic mass is 19.4. The topological polar surface area (TPSA) is 40.9 Å². The summed E-state index contributed by atoms with van der Waals surface area (Å²) in [5.74, 6) is 0.0891. The standard InChI is InChI=1S/C30H28F4N4O/c31-25-10-7-20(8-11-25)28-26(19-36-13-15-37(16-14-36)29(39)21-3-1-4-21)38-18-23(9-12-27(38)35-28)22-5-2-6-24(17-22)30(32,33)34/h2,5-12,17-18,21H,1,3-4,13-16,19H2. The number of rotatable bonds is 5. The molecule has 0 radical (unpaired) electrons. The van der Waals surface area contributed by atoms with Gasteiger partial charge < -0.3 is 9.30 Å². The lowest BCUT2D eigenvalue weighted by molar-refractivity contribution is -0.140. The molecule has 0 atom stereocenters. The van der Waals surface area contributed by atoms with E-state index in [1.807, 2.05) is 15.5 Å². The highest BCUT2D eigenvalue weighted by Gasteiger charge is 2.32. The van der Waals surface area contributed by atoms with Crippen molar-refractivity contribution in [2.45, 2.75) is 32.0 Å². The zero-order chi connectivity index (χ0) is 27.1. The monoisotopic (exact) mass is 536 g/mol. The summed E-state index contributed by atoms with van der Waals surface area (Å²) in [6.45, 7) is 3.27. The molecule has 1 saturated heterocycles. The van der Waals surface area contributed by atoms with Crippen LogP contribution in [-0.2, 0) is 17.5 Å². The first kappa shape index (κ1) is 25.6. The van der Waals surface area contributed by atoms with Gasteiger partial charge in [0, 0.05) is 50.4 Å². The third-order valence-corrected chi connectivity index (χ3v) is 7.87. The minimum absolute atomic E-state index is 0.176. The number of carbonyl (C=O) groups is 1. The number of aromatic nitrogens is 2. The predicted molar refractivity (Wildman–Crippen MR) is 140 cm³/mol. The summed E-state index contributed by atoms with van der Waals surface area (Å²) in [5.41, 5.74) is 3.36. The minimum atomic E-state index is -4.43. The first-order chi connectivity index (χ1) is 18.8. The van der Waals surface area contributed by atoms with E-state index in [1.165, 1.54) is 18.2 Å². The summed E-state index contributed by atoms with van der Waals surface area (Å²) < 4.78 is 55.7. The molecule has 3 heterocycles. The average Bonchev–Trinajstić information content (AvgIpc) is 3.25. The van der Waals surface area contributed by atoms with Crippen LogP contribution in [0.15, 0.2) is 66.9 Å². The smallest absolute Gasteiger partial charge is 0.340 e. The number of amides is 1. The van der Waals surface area contributed by atoms with Crippen LogP contribution in [0.4, 0.5) is 17.6 Å². The van der Waals surface area contributed by atoms with Gasteiger partial charge in [-0.15, -0.1) is 0 Å². The average molecular weight is 537 g/mol. The van der Waals surface area contributed by atoms with E-state index < -0.39 is 11.7 Å². The maximum atomic E-state index is 13.7. The Labute approximate surface area is 223 Å². The van der Waals surface area contributed by atoms with E-state index in [4.69, 9.17) is 4.98 Å². The molecular formula is C30H28F4N4O. The maximum Gasteiger partial charge on any atom is 0.416 e. The lowest BCUT2D eigenvalue weighted by atomic mass is 9.84. The predicted octanol–water partition coefficient (Wildman–Crippen LogP) is 6.27. The van der Waals surface area contributed by atoms with Gasteiger partial charge in [-0.1, -0.05) is 18.6 Å². The summed E-state index contributed by atoms with van der Waals surface area (Å²) in [6, 6.07) is 15.0. The van der Waals surface area contributed by atoms with Crippen LogP contribution in [0.25, 0.3) is 28.0 Å². The molecule has 1 saturated carbocycles. The van der Waals surface area contributed by atoms with E-state index in [1.54, 1.807) is 30.3 Å². The Morgan fingerprint density at radius 1 is 0.897 bits per heavy atom. The fraction of sp³-hybridized carbons (Fsp3) is 0.333. The van der Waals surface area contributed by atoms with E-state index in [0.717, 1.165) is 42.7 Å². The van der Waals surface area contributed by atoms with Gasteiger partial charge in [0.1, 0.15) is 11.5 Å². The number of benzene rings is 2. The van der Waals surface area contributed by atoms with Crippen LogP contribution in [0.5, 0.6) is 0 Å². The number of imidazole rings is 1. The van der Waals surface area contributed by atoms with E-state index in [0.29, 0.717) is 55.2 Å². The number of pyridine rings is 1. The van der Waals surface area contributed by atoms with E-state index in [9.17, 15) is 22.4 Å². The molecule has 0 unspecified atom stereocenters. The molecule has 0 bridgehead atoms. The van der Waals surface area contributed by atoms with Crippen molar-refractivity contribution in [3.8, 4) is 22.4 Å². The molecule has 1 aliphatic carbocycles. The fourth-order valence-electron chi connectivity index (χ4n) is 5.38. The number of nitrogens with zero attached hydrogens (tertiary/aromatic N) is 4. The number of carbonyl (C=O) groups excluding carboxylic acids is 1. The van der Waals surface area contributed by atoms with Crippen molar-refractivity contribution in [1.29, 1.82) is 0 Å². The number of hydrogen-bond acceptors (Lipinski definition) is 3. The van der Waals surface area contributed by atoms with Crippen molar-refractivity contribution in [3.05, 3.63) is 83.9 Å². The van der Waals surface area contributed by atoms with Gasteiger partial charge in [0.2, 0.25) is 5.91 Å². The molecule has 2 aromatic heterocycles. The molecule has 5 nitrogen and oxygen atoms in total. The van der Waals surface area contributed by atoms with Gasteiger partial charge >= 0.3 is 6.18 Å². The molecule has 1 aliphatic heterocycles. The van der Waals surface area contributed by atoms with Crippen LogP contribution in [0.2, 0.25) is 0 Å². The van der Waals surface area contributed by atoms with Crippen LogP contribution in [-0.4, -0.2) is 51.3 Å². The molecule has 39 heavy (non-hydrogen) atoms. The minimum Gasteiger partial charge on any atom is -0.340 e. The highest BCUT2D eigenvalue weighted by molar-refractivity contribution is 5.79. The number of fused-ring (bicyclic) bond motifs is 1. The summed E-state index contributed by atoms with van der Waals surface area (Å²) >= 11 is 0. The molecule has 2 aliphatic rings. The molecule has 0 spiro atoms. The summed E-state index contributed by atoms with van der Waals surface area (Å²) in [4.78, 5) is 21.7. The third-order valence-electron chi connectivity index (χ3n) is 7.87. The van der Waals surface area contributed by atoms with Crippen molar-refractivity contribution < 1.29 is 22.4 Å². The van der Waals surface area contributed by atoms with Gasteiger partial charge in [-0.3, -0.25) is 9.69 Å². The molecule has 1 amide bonds. The number of hydrogen-bond donors (Lipinski definition) is 0. The normalized spacial score (nSPS) is 17.0. The first-order valence-corrected chi connectivity index (χ1v) is 13.2. The molecule has 0 N–H and O–H groups in total. The number of piperazine rings is 1. The lowest BCUT2D eigenvalue weighted by Gasteiger charge is -2.38. The van der Waals surface area contributed by atoms with Crippen molar-refractivity contribution in [2.24, 2.45) is 5.92 Å². The van der Waals surface area contributed by atoms with E-state index in [2.05, 4.69) is 4.90 Å². The molecule has 2 aromatic carbocycles. The molecule has 4 aromatic rings. The maximum absolute atomic E-state index is 13.7. The summed E-state index contributed by atoms with van der Waals surface area (Å²) in [7, 11) is 0. The molecule has 9 heteroatoms. The van der Waals surface area contributed by atoms with Crippen LogP contribution >= 0.6 is 0 Å². The Morgan fingerprint density at radius 3 is 2.28 bits per heavy atom. The molecular weight excluding hydrogens is 508 g/mol. The van der Waals surface area contributed by atoms with Gasteiger partial charge in [-0.05, 0) is 72.5 Å². The largest absolute Gasteiger partial charge is 0.416 e. The zero-order valence-electron chi connectivity index (χ0n) is 21.3. The van der Waals surface area contributed by atoms with Gasteiger partial charge in [0.25, 0.3) is 0 Å². The Morgan fingerprint density at radius 2 is 1.62 bits per heavy atom. The van der Waals surface area contributed by atoms with Crippen LogP contribution < -0.4 is 0 Å². The Balaban J connectivity index is 1.34. The van der Waals surface area contributed by atoms with Crippen LogP contribution in [0.3, 0.4) is 0 Å². The van der Waals surface area contributed by atoms with Crippen molar-refractivity contribution >= 4 is 11.6 Å². The fourth-order valence-corrected chi connectivity index (χ4v) is 5.38. The second kappa shape index (κ2) is 10.1. The third kappa shape index (κ3) is 5.15. The molecule has 2 fully saturated rings. The Hall–Kier alpha value is -3.72. The second-order valence-electron chi connectivity index (χ2n) is 10.4. The summed E-state index contributed by atoms with van der Waals surface area (Å²) in [5, 5.41) is 0. The lowest BCUT2D eigenvalue weighted by Crippen LogP contribution is -2.50. The van der Waals surface area contributed by atoms with Crippen molar-refractivity contribution in [2.75, 3.05) is 26.2 Å². The SMILES string of the molecule is O=C(C1CCC1)N1CCN(Cc2c(-c3ccc(F)cc3)nc3ccc(-c4cccc(C(F)(F)F)c4)cn23)CC1. The van der Waals surface area contributed by atoms with Crippen molar-refractivity contribution in [1.82, 2.24) is 19.2 Å². The number of halogens is 4. The summed E-state index contributed by atoms with van der Waals surface area (Å²) in [6.07, 6.45) is 0.472. The first-order valence-electron chi connectivity index (χ1n) is 13.2. The highest BCUT2D eigenvalue weighted by Crippen LogP contribution is 2.34. The Bertz CT molecular complexity index is 1500. The molecule has 202 valence electrons. The van der Waals surface area contributed by atoms with Crippen molar-refractivity contribution in [3.63, 3.8) is 0 Å². The quantitative estimate of drug-likeness (QED) is 0.282. The van der Waals surface area contributed by atoms with Gasteiger partial charge in [-0.2, -0.15) is 13.2 Å². The van der Waals surface area contributed by atoms with E-state index >= 15 is 0 Å².